The molecule has 3 amide bonds. The molecule has 0 radical (unpaired) electrons. The Hall–Kier alpha value is -3.37. The lowest BCUT2D eigenvalue weighted by Crippen LogP contribution is -2.56. The monoisotopic (exact) mass is 636 g/mol. The molecule has 0 bridgehead atoms. The van der Waals surface area contributed by atoms with E-state index in [1.165, 1.54) is 6.42 Å². The molecule has 9 heteroatoms. The van der Waals surface area contributed by atoms with Gasteiger partial charge in [-0.05, 0) is 57.7 Å². The first-order valence-electron chi connectivity index (χ1n) is 16.8. The quantitative estimate of drug-likeness (QED) is 0.129. The van der Waals surface area contributed by atoms with Crippen molar-refractivity contribution in [3.63, 3.8) is 0 Å². The fourth-order valence-electron chi connectivity index (χ4n) is 5.98. The minimum atomic E-state index is -1.19. The molecule has 46 heavy (non-hydrogen) atoms. The molecule has 0 aromatic heterocycles. The van der Waals surface area contributed by atoms with E-state index in [0.29, 0.717) is 51.1 Å². The van der Waals surface area contributed by atoms with Gasteiger partial charge in [0.25, 0.3) is 0 Å². The van der Waals surface area contributed by atoms with E-state index in [-0.39, 0.29) is 25.2 Å². The number of likely N-dealkylation sites (N-methyl/N-ethyl adjacent to an activating group) is 2. The van der Waals surface area contributed by atoms with E-state index in [1.54, 1.807) is 11.9 Å². The van der Waals surface area contributed by atoms with Gasteiger partial charge in [0.15, 0.2) is 0 Å². The lowest BCUT2D eigenvalue weighted by Gasteiger charge is -2.33. The Kier molecular flexibility index (Phi) is 18.1. The third-order valence-electron chi connectivity index (χ3n) is 8.90. The maximum atomic E-state index is 13.8. The van der Waals surface area contributed by atoms with Crippen molar-refractivity contribution in [3.05, 3.63) is 35.9 Å². The lowest BCUT2D eigenvalue weighted by atomic mass is 9.82. The predicted molar refractivity (Wildman–Crippen MR) is 182 cm³/mol. The maximum absolute atomic E-state index is 13.8. The third kappa shape index (κ3) is 14.4. The standard InChI is InChI=1S/C37H56N4O5/c1-6-8-12-22-33(42)35(44)32(26-29-19-15-11-16-20-29)39-37(46)31(21-9-7-2)38-36(45)30(25-28-17-13-10-14-18-28)27-34(43)41(5)24-23-40(3)4/h1-2,10,13-14,17-18,29-33,35,42,44H,8-9,11-12,15-16,19-27H2,3-5H3,(H,38,45)(H,39,46)/t30?,31-,32?,33?,35+/m0/s1. The molecular formula is C37H56N4O5. The SMILES string of the molecule is C#CCCCC(O)[C@H](O)C(CC1CCCCC1)NC(=O)[C@H](CCC#C)NC(=O)C(CC(=O)N(C)CCN(C)C)Cc1ccccc1. The van der Waals surface area contributed by atoms with Gasteiger partial charge in [0.05, 0.1) is 24.2 Å². The summed E-state index contributed by atoms with van der Waals surface area (Å²) in [5.41, 5.74) is 0.908. The summed E-state index contributed by atoms with van der Waals surface area (Å²) < 4.78 is 0. The van der Waals surface area contributed by atoms with Gasteiger partial charge in [0, 0.05) is 39.4 Å². The number of carbonyl (C=O) groups is 3. The van der Waals surface area contributed by atoms with Gasteiger partial charge in [-0.2, -0.15) is 0 Å². The fourth-order valence-corrected chi connectivity index (χ4v) is 5.98. The Morgan fingerprint density at radius 1 is 0.913 bits per heavy atom. The largest absolute Gasteiger partial charge is 0.390 e. The number of carbonyl (C=O) groups excluding carboxylic acids is 3. The van der Waals surface area contributed by atoms with Gasteiger partial charge < -0.3 is 30.6 Å². The Labute approximate surface area is 276 Å². The molecule has 2 rings (SSSR count). The number of nitrogens with zero attached hydrogens (tertiary/aromatic N) is 2. The molecule has 1 saturated carbocycles. The molecule has 1 aliphatic carbocycles. The highest BCUT2D eigenvalue weighted by Crippen LogP contribution is 2.29. The normalized spacial score (nSPS) is 16.7. The molecule has 0 spiro atoms. The summed E-state index contributed by atoms with van der Waals surface area (Å²) in [6.45, 7) is 1.22. The molecule has 1 fully saturated rings. The molecule has 254 valence electrons. The van der Waals surface area contributed by atoms with Crippen LogP contribution in [0.5, 0.6) is 0 Å². The highest BCUT2D eigenvalue weighted by molar-refractivity contribution is 5.91. The fraction of sp³-hybridized carbons (Fsp3) is 0.649. The van der Waals surface area contributed by atoms with Gasteiger partial charge in [-0.15, -0.1) is 24.7 Å². The first-order chi connectivity index (χ1) is 22.0. The number of hydrogen-bond donors (Lipinski definition) is 4. The van der Waals surface area contributed by atoms with Crippen LogP contribution in [-0.4, -0.2) is 96.3 Å². The summed E-state index contributed by atoms with van der Waals surface area (Å²) >= 11 is 0. The maximum Gasteiger partial charge on any atom is 0.242 e. The van der Waals surface area contributed by atoms with Crippen molar-refractivity contribution in [2.24, 2.45) is 11.8 Å². The number of aliphatic hydroxyl groups is 2. The minimum Gasteiger partial charge on any atom is -0.390 e. The average Bonchev–Trinajstić information content (AvgIpc) is 3.05. The second-order valence-electron chi connectivity index (χ2n) is 13.0. The van der Waals surface area contributed by atoms with E-state index < -0.39 is 42.0 Å². The average molecular weight is 637 g/mol. The lowest BCUT2D eigenvalue weighted by molar-refractivity contribution is -0.137. The summed E-state index contributed by atoms with van der Waals surface area (Å²) in [5.74, 6) is 3.68. The van der Waals surface area contributed by atoms with Gasteiger partial charge in [-0.3, -0.25) is 14.4 Å². The van der Waals surface area contributed by atoms with Crippen molar-refractivity contribution in [1.82, 2.24) is 20.4 Å². The van der Waals surface area contributed by atoms with Crippen LogP contribution in [0.2, 0.25) is 0 Å². The number of aliphatic hydroxyl groups excluding tert-OH is 2. The zero-order valence-electron chi connectivity index (χ0n) is 28.1. The second-order valence-corrected chi connectivity index (χ2v) is 13.0. The Morgan fingerprint density at radius 3 is 2.22 bits per heavy atom. The number of nitrogens with one attached hydrogen (secondary N) is 2. The highest BCUT2D eigenvalue weighted by Gasteiger charge is 2.34. The molecule has 5 atom stereocenters. The number of benzene rings is 1. The van der Waals surface area contributed by atoms with Crippen LogP contribution in [0.4, 0.5) is 0 Å². The van der Waals surface area contributed by atoms with Crippen molar-refractivity contribution in [2.45, 2.75) is 108 Å². The third-order valence-corrected chi connectivity index (χ3v) is 8.90. The molecular weight excluding hydrogens is 580 g/mol. The molecule has 0 aliphatic heterocycles. The van der Waals surface area contributed by atoms with Gasteiger partial charge in [-0.1, -0.05) is 62.4 Å². The van der Waals surface area contributed by atoms with Crippen LogP contribution in [0.15, 0.2) is 30.3 Å². The first-order valence-corrected chi connectivity index (χ1v) is 16.8. The van der Waals surface area contributed by atoms with E-state index >= 15 is 0 Å². The summed E-state index contributed by atoms with van der Waals surface area (Å²) in [6, 6.07) is 7.82. The number of amides is 3. The summed E-state index contributed by atoms with van der Waals surface area (Å²) in [6.07, 6.45) is 16.7. The van der Waals surface area contributed by atoms with Crippen LogP contribution in [0.25, 0.3) is 0 Å². The van der Waals surface area contributed by atoms with Crippen molar-refractivity contribution in [3.8, 4) is 24.7 Å². The van der Waals surface area contributed by atoms with Crippen molar-refractivity contribution >= 4 is 17.7 Å². The smallest absolute Gasteiger partial charge is 0.242 e. The molecule has 4 N–H and O–H groups in total. The van der Waals surface area contributed by atoms with Crippen molar-refractivity contribution in [2.75, 3.05) is 34.2 Å². The number of rotatable bonds is 20. The van der Waals surface area contributed by atoms with E-state index in [9.17, 15) is 24.6 Å². The molecule has 9 nitrogen and oxygen atoms in total. The molecule has 1 aromatic carbocycles. The van der Waals surface area contributed by atoms with Crippen molar-refractivity contribution in [1.29, 1.82) is 0 Å². The zero-order chi connectivity index (χ0) is 33.9. The van der Waals surface area contributed by atoms with Crippen molar-refractivity contribution < 1.29 is 24.6 Å². The van der Waals surface area contributed by atoms with Crippen LogP contribution in [0, 0.1) is 36.5 Å². The molecule has 3 unspecified atom stereocenters. The topological polar surface area (TPSA) is 122 Å². The van der Waals surface area contributed by atoms with Crippen LogP contribution >= 0.6 is 0 Å². The zero-order valence-corrected chi connectivity index (χ0v) is 28.1. The van der Waals surface area contributed by atoms with Gasteiger partial charge in [0.2, 0.25) is 17.7 Å². The van der Waals surface area contributed by atoms with E-state index in [0.717, 1.165) is 31.2 Å². The first kappa shape index (κ1) is 38.8. The van der Waals surface area contributed by atoms with Crippen LogP contribution in [-0.2, 0) is 20.8 Å². The number of terminal acetylenes is 2. The Bertz CT molecular complexity index is 1140. The Morgan fingerprint density at radius 2 is 1.59 bits per heavy atom. The van der Waals surface area contributed by atoms with E-state index in [4.69, 9.17) is 12.8 Å². The highest BCUT2D eigenvalue weighted by atomic mass is 16.3. The van der Waals surface area contributed by atoms with Gasteiger partial charge in [0.1, 0.15) is 6.04 Å². The number of unbranched alkanes of at least 4 members (excludes halogenated alkanes) is 1. The van der Waals surface area contributed by atoms with Gasteiger partial charge >= 0.3 is 0 Å². The molecule has 0 saturated heterocycles. The summed E-state index contributed by atoms with van der Waals surface area (Å²) in [5, 5.41) is 27.9. The Balaban J connectivity index is 2.24. The number of hydrogen-bond acceptors (Lipinski definition) is 6. The van der Waals surface area contributed by atoms with E-state index in [2.05, 4.69) is 22.5 Å². The van der Waals surface area contributed by atoms with Crippen LogP contribution in [0.3, 0.4) is 0 Å². The minimum absolute atomic E-state index is 0.0129. The van der Waals surface area contributed by atoms with E-state index in [1.807, 2.05) is 49.3 Å². The predicted octanol–water partition coefficient (Wildman–Crippen LogP) is 3.13. The van der Waals surface area contributed by atoms with Gasteiger partial charge in [-0.25, -0.2) is 0 Å². The molecule has 1 aliphatic rings. The molecule has 0 heterocycles. The second kappa shape index (κ2) is 21.4. The van der Waals surface area contributed by atoms with Crippen LogP contribution in [0.1, 0.15) is 82.6 Å². The molecule has 1 aromatic rings. The van der Waals surface area contributed by atoms with Crippen LogP contribution < -0.4 is 10.6 Å². The summed E-state index contributed by atoms with van der Waals surface area (Å²) in [4.78, 5) is 44.4. The summed E-state index contributed by atoms with van der Waals surface area (Å²) in [7, 11) is 5.60.